The number of hydrogen-bond acceptors (Lipinski definition) is 3. The second-order valence-electron chi connectivity index (χ2n) is 6.48. The van der Waals surface area contributed by atoms with Crippen LogP contribution in [0, 0.1) is 0 Å². The Kier molecular flexibility index (Phi) is 6.37. The molecule has 1 fully saturated rings. The third kappa shape index (κ3) is 4.80. The van der Waals surface area contributed by atoms with Crippen molar-refractivity contribution in [1.82, 2.24) is 9.80 Å². The molecular weight excluding hydrogens is 385 g/mol. The number of carbonyl (C=O) groups excluding carboxylic acids is 2. The predicted octanol–water partition coefficient (Wildman–Crippen LogP) is 3.78. The summed E-state index contributed by atoms with van der Waals surface area (Å²) in [7, 11) is 0. The molecule has 0 aliphatic carbocycles. The molecule has 2 amide bonds. The van der Waals surface area contributed by atoms with Crippen LogP contribution in [0.2, 0.25) is 10.0 Å². The largest absolute Gasteiger partial charge is 0.336 e. The van der Waals surface area contributed by atoms with Crippen LogP contribution < -0.4 is 5.32 Å². The summed E-state index contributed by atoms with van der Waals surface area (Å²) < 4.78 is 0. The molecule has 3 rings (SSSR count). The van der Waals surface area contributed by atoms with Crippen LogP contribution in [0.1, 0.15) is 17.3 Å². The van der Waals surface area contributed by atoms with E-state index in [0.717, 1.165) is 0 Å². The Bertz CT molecular complexity index is 821. The molecule has 1 heterocycles. The third-order valence-electron chi connectivity index (χ3n) is 4.74. The molecule has 0 aromatic heterocycles. The standard InChI is InChI=1S/C20H21Cl2N3O2/c1-14(19(26)23-18-13-16(21)7-8-17(18)22)24-9-11-25(12-10-24)20(27)15-5-3-2-4-6-15/h2-8,13-14H,9-12H2,1H3,(H,23,26). The summed E-state index contributed by atoms with van der Waals surface area (Å²) in [5.74, 6) is -0.125. The quantitative estimate of drug-likeness (QED) is 0.841. The van der Waals surface area contributed by atoms with Crippen molar-refractivity contribution in [2.24, 2.45) is 0 Å². The topological polar surface area (TPSA) is 52.7 Å². The number of piperazine rings is 1. The van der Waals surface area contributed by atoms with Crippen molar-refractivity contribution in [3.05, 3.63) is 64.1 Å². The van der Waals surface area contributed by atoms with Crippen molar-refractivity contribution in [3.8, 4) is 0 Å². The number of amides is 2. The minimum atomic E-state index is -0.339. The maximum Gasteiger partial charge on any atom is 0.253 e. The first-order chi connectivity index (χ1) is 13.0. The van der Waals surface area contributed by atoms with Gasteiger partial charge in [-0.25, -0.2) is 0 Å². The first-order valence-electron chi connectivity index (χ1n) is 8.80. The highest BCUT2D eigenvalue weighted by Crippen LogP contribution is 2.25. The van der Waals surface area contributed by atoms with E-state index in [4.69, 9.17) is 23.2 Å². The van der Waals surface area contributed by atoms with Gasteiger partial charge >= 0.3 is 0 Å². The summed E-state index contributed by atoms with van der Waals surface area (Å²) in [6.45, 7) is 4.29. The zero-order valence-corrected chi connectivity index (χ0v) is 16.5. The summed E-state index contributed by atoms with van der Waals surface area (Å²) >= 11 is 12.1. The average molecular weight is 406 g/mol. The summed E-state index contributed by atoms with van der Waals surface area (Å²) in [4.78, 5) is 29.0. The Balaban J connectivity index is 1.56. The molecule has 0 bridgehead atoms. The second kappa shape index (κ2) is 8.74. The molecule has 142 valence electrons. The van der Waals surface area contributed by atoms with Crippen LogP contribution in [-0.2, 0) is 4.79 Å². The predicted molar refractivity (Wildman–Crippen MR) is 108 cm³/mol. The first kappa shape index (κ1) is 19.7. The summed E-state index contributed by atoms with van der Waals surface area (Å²) in [6, 6.07) is 13.9. The van der Waals surface area contributed by atoms with Gasteiger partial charge in [0.1, 0.15) is 0 Å². The highest BCUT2D eigenvalue weighted by atomic mass is 35.5. The van der Waals surface area contributed by atoms with E-state index in [1.54, 1.807) is 18.2 Å². The number of nitrogens with one attached hydrogen (secondary N) is 1. The lowest BCUT2D eigenvalue weighted by Gasteiger charge is -2.37. The number of anilines is 1. The number of rotatable bonds is 4. The Morgan fingerprint density at radius 3 is 2.33 bits per heavy atom. The molecule has 0 radical (unpaired) electrons. The molecule has 5 nitrogen and oxygen atoms in total. The van der Waals surface area contributed by atoms with Crippen molar-refractivity contribution in [2.75, 3.05) is 31.5 Å². The molecule has 1 N–H and O–H groups in total. The van der Waals surface area contributed by atoms with E-state index in [0.29, 0.717) is 47.5 Å². The number of nitrogens with zero attached hydrogens (tertiary/aromatic N) is 2. The van der Waals surface area contributed by atoms with Crippen molar-refractivity contribution in [3.63, 3.8) is 0 Å². The molecule has 1 saturated heterocycles. The normalized spacial score (nSPS) is 16.0. The fourth-order valence-electron chi connectivity index (χ4n) is 3.07. The molecule has 27 heavy (non-hydrogen) atoms. The van der Waals surface area contributed by atoms with Crippen LogP contribution >= 0.6 is 23.2 Å². The van der Waals surface area contributed by atoms with Gasteiger partial charge in [0.25, 0.3) is 5.91 Å². The first-order valence-corrected chi connectivity index (χ1v) is 9.55. The molecule has 7 heteroatoms. The van der Waals surface area contributed by atoms with Crippen LogP contribution in [-0.4, -0.2) is 53.8 Å². The Hall–Kier alpha value is -2.08. The van der Waals surface area contributed by atoms with Gasteiger partial charge in [0.05, 0.1) is 16.8 Å². The van der Waals surface area contributed by atoms with E-state index in [2.05, 4.69) is 10.2 Å². The zero-order valence-electron chi connectivity index (χ0n) is 15.0. The van der Waals surface area contributed by atoms with Gasteiger partial charge in [-0.1, -0.05) is 41.4 Å². The number of hydrogen-bond donors (Lipinski definition) is 1. The van der Waals surface area contributed by atoms with E-state index < -0.39 is 0 Å². The molecule has 0 spiro atoms. The van der Waals surface area contributed by atoms with Gasteiger partial charge in [0, 0.05) is 36.8 Å². The van der Waals surface area contributed by atoms with E-state index in [-0.39, 0.29) is 17.9 Å². The van der Waals surface area contributed by atoms with Gasteiger partial charge in [-0.2, -0.15) is 0 Å². The van der Waals surface area contributed by atoms with Gasteiger partial charge in [-0.05, 0) is 37.3 Å². The average Bonchev–Trinajstić information content (AvgIpc) is 2.70. The fourth-order valence-corrected chi connectivity index (χ4v) is 3.41. The van der Waals surface area contributed by atoms with Gasteiger partial charge < -0.3 is 10.2 Å². The van der Waals surface area contributed by atoms with E-state index in [1.165, 1.54) is 0 Å². The molecule has 1 aliphatic rings. The minimum Gasteiger partial charge on any atom is -0.336 e. The lowest BCUT2D eigenvalue weighted by molar-refractivity contribution is -0.121. The molecule has 1 unspecified atom stereocenters. The fraction of sp³-hybridized carbons (Fsp3) is 0.300. The second-order valence-corrected chi connectivity index (χ2v) is 7.33. The highest BCUT2D eigenvalue weighted by Gasteiger charge is 2.28. The van der Waals surface area contributed by atoms with Gasteiger partial charge in [0.15, 0.2) is 0 Å². The number of benzene rings is 2. The monoisotopic (exact) mass is 405 g/mol. The summed E-state index contributed by atoms with van der Waals surface area (Å²) in [5, 5.41) is 3.78. The summed E-state index contributed by atoms with van der Waals surface area (Å²) in [5.41, 5.74) is 1.19. The van der Waals surface area contributed by atoms with Crippen LogP contribution in [0.25, 0.3) is 0 Å². The number of carbonyl (C=O) groups is 2. The van der Waals surface area contributed by atoms with E-state index in [9.17, 15) is 9.59 Å². The van der Waals surface area contributed by atoms with Crippen LogP contribution in [0.15, 0.2) is 48.5 Å². The Labute approximate surface area is 168 Å². The van der Waals surface area contributed by atoms with E-state index >= 15 is 0 Å². The van der Waals surface area contributed by atoms with Crippen molar-refractivity contribution in [2.45, 2.75) is 13.0 Å². The Morgan fingerprint density at radius 2 is 1.67 bits per heavy atom. The Morgan fingerprint density at radius 1 is 1.00 bits per heavy atom. The smallest absolute Gasteiger partial charge is 0.253 e. The molecular formula is C20H21Cl2N3O2. The van der Waals surface area contributed by atoms with Gasteiger partial charge in [-0.3, -0.25) is 14.5 Å². The molecule has 2 aromatic rings. The molecule has 1 atom stereocenters. The number of halogens is 2. The zero-order chi connectivity index (χ0) is 19.4. The van der Waals surface area contributed by atoms with Crippen molar-refractivity contribution >= 4 is 40.7 Å². The van der Waals surface area contributed by atoms with Crippen molar-refractivity contribution < 1.29 is 9.59 Å². The van der Waals surface area contributed by atoms with Crippen LogP contribution in [0.5, 0.6) is 0 Å². The van der Waals surface area contributed by atoms with Crippen molar-refractivity contribution in [1.29, 1.82) is 0 Å². The SMILES string of the molecule is CC(C(=O)Nc1cc(Cl)ccc1Cl)N1CCN(C(=O)c2ccccc2)CC1. The van der Waals surface area contributed by atoms with Gasteiger partial charge in [-0.15, -0.1) is 0 Å². The molecule has 1 aliphatic heterocycles. The maximum atomic E-state index is 12.6. The third-order valence-corrected chi connectivity index (χ3v) is 5.30. The minimum absolute atomic E-state index is 0.0260. The lowest BCUT2D eigenvalue weighted by Crippen LogP contribution is -2.54. The highest BCUT2D eigenvalue weighted by molar-refractivity contribution is 6.35. The van der Waals surface area contributed by atoms with Gasteiger partial charge in [0.2, 0.25) is 5.91 Å². The van der Waals surface area contributed by atoms with Crippen LogP contribution in [0.4, 0.5) is 5.69 Å². The molecule has 2 aromatic carbocycles. The molecule has 0 saturated carbocycles. The van der Waals surface area contributed by atoms with Crippen LogP contribution in [0.3, 0.4) is 0 Å². The lowest BCUT2D eigenvalue weighted by atomic mass is 10.1. The summed E-state index contributed by atoms with van der Waals surface area (Å²) in [6.07, 6.45) is 0. The van der Waals surface area contributed by atoms with E-state index in [1.807, 2.05) is 42.2 Å². The maximum absolute atomic E-state index is 12.6.